The molecule has 0 bridgehead atoms. The van der Waals surface area contributed by atoms with E-state index in [-0.39, 0.29) is 12.5 Å². The summed E-state index contributed by atoms with van der Waals surface area (Å²) in [6, 6.07) is 7.16. The Balaban J connectivity index is 1.02. The van der Waals surface area contributed by atoms with Gasteiger partial charge in [-0.05, 0) is 124 Å². The fourth-order valence-electron chi connectivity index (χ4n) is 8.02. The number of urea groups is 1. The smallest absolute Gasteiger partial charge is 0.322 e. The lowest BCUT2D eigenvalue weighted by Crippen LogP contribution is -2.56. The van der Waals surface area contributed by atoms with E-state index in [0.717, 1.165) is 23.2 Å². The van der Waals surface area contributed by atoms with E-state index in [1.807, 2.05) is 23.5 Å². The van der Waals surface area contributed by atoms with Crippen LogP contribution in [0, 0.1) is 10.8 Å². The molecule has 41 heavy (non-hydrogen) atoms. The number of hydrogen-bond donors (Lipinski definition) is 1. The molecular weight excluding hydrogens is 532 g/mol. The van der Waals surface area contributed by atoms with E-state index in [2.05, 4.69) is 44.7 Å². The molecule has 9 heteroatoms. The first kappa shape index (κ1) is 29.0. The first-order valence-corrected chi connectivity index (χ1v) is 17.1. The van der Waals surface area contributed by atoms with Crippen molar-refractivity contribution in [1.82, 2.24) is 24.9 Å². The van der Waals surface area contributed by atoms with E-state index in [4.69, 9.17) is 0 Å². The predicted molar refractivity (Wildman–Crippen MR) is 168 cm³/mol. The highest BCUT2D eigenvalue weighted by molar-refractivity contribution is 7.98. The lowest BCUT2D eigenvalue weighted by Gasteiger charge is -2.56. The molecule has 2 aliphatic heterocycles. The second-order valence-electron chi connectivity index (χ2n) is 13.5. The number of likely N-dealkylation sites (tertiary alicyclic amines) is 2. The minimum absolute atomic E-state index is 0.246. The molecule has 1 aromatic heterocycles. The summed E-state index contributed by atoms with van der Waals surface area (Å²) < 4.78 is 1.87. The number of aldehydes is 1. The highest BCUT2D eigenvalue weighted by Crippen LogP contribution is 2.53. The lowest BCUT2D eigenvalue weighted by atomic mass is 9.59. The number of hydrogen-bond acceptors (Lipinski definition) is 6. The molecule has 224 valence electrons. The second kappa shape index (κ2) is 11.9. The molecule has 2 saturated carbocycles. The molecule has 0 atom stereocenters. The van der Waals surface area contributed by atoms with Crippen molar-refractivity contribution in [3.63, 3.8) is 0 Å². The third kappa shape index (κ3) is 5.91. The quantitative estimate of drug-likeness (QED) is 0.404. The van der Waals surface area contributed by atoms with Crippen LogP contribution in [0.4, 0.5) is 10.6 Å². The molecule has 2 aromatic rings. The van der Waals surface area contributed by atoms with Gasteiger partial charge >= 0.3 is 6.03 Å². The highest BCUT2D eigenvalue weighted by Gasteiger charge is 2.50. The van der Waals surface area contributed by atoms with Gasteiger partial charge in [-0.1, -0.05) is 6.07 Å². The predicted octanol–water partition coefficient (Wildman–Crippen LogP) is 4.88. The van der Waals surface area contributed by atoms with Crippen LogP contribution in [0.25, 0.3) is 10.9 Å². The second-order valence-corrected chi connectivity index (χ2v) is 14.3. The van der Waals surface area contributed by atoms with Gasteiger partial charge in [0.05, 0.1) is 5.52 Å². The van der Waals surface area contributed by atoms with Crippen LogP contribution < -0.4 is 10.2 Å². The summed E-state index contributed by atoms with van der Waals surface area (Å²) >= 11 is 2.04. The van der Waals surface area contributed by atoms with Gasteiger partial charge in [0.1, 0.15) is 6.29 Å². The number of piperidine rings is 2. The normalized spacial score (nSPS) is 23.0. The standard InChI is InChI=1S/C32H48N6O2S/c1-33-30(40)38(13-4-18-39)29-27-6-5-25(19-28(27)35(2)34-29)24-7-14-37(15-8-24)26-20-31(21-26)11-16-36(17-12-31)22-32(9-10-32)23-41-3/h5-6,18-19,24,26H,4,7-17,20-23H2,1-3H3,(H,33,40). The zero-order chi connectivity index (χ0) is 28.6. The molecule has 6 rings (SSSR count). The molecule has 0 unspecified atom stereocenters. The number of amides is 2. The van der Waals surface area contributed by atoms with E-state index in [9.17, 15) is 9.59 Å². The maximum absolute atomic E-state index is 12.5. The topological polar surface area (TPSA) is 73.7 Å². The molecule has 4 aliphatic rings. The molecule has 1 N–H and O–H groups in total. The monoisotopic (exact) mass is 580 g/mol. The summed E-state index contributed by atoms with van der Waals surface area (Å²) in [5, 5.41) is 8.31. The summed E-state index contributed by atoms with van der Waals surface area (Å²) in [6.45, 7) is 6.69. The van der Waals surface area contributed by atoms with E-state index >= 15 is 0 Å². The van der Waals surface area contributed by atoms with E-state index in [1.165, 1.54) is 95.4 Å². The lowest BCUT2D eigenvalue weighted by molar-refractivity contribution is -0.107. The molecule has 2 saturated heterocycles. The number of nitrogens with one attached hydrogen (secondary N) is 1. The number of rotatable bonds is 10. The Morgan fingerprint density at radius 2 is 1.88 bits per heavy atom. The number of benzene rings is 1. The molecule has 2 amide bonds. The Morgan fingerprint density at radius 3 is 2.51 bits per heavy atom. The van der Waals surface area contributed by atoms with Gasteiger partial charge in [-0.2, -0.15) is 16.9 Å². The van der Waals surface area contributed by atoms with Crippen LogP contribution in [0.1, 0.15) is 69.3 Å². The van der Waals surface area contributed by atoms with Crippen molar-refractivity contribution in [3.8, 4) is 0 Å². The minimum Gasteiger partial charge on any atom is -0.341 e. The van der Waals surface area contributed by atoms with Crippen molar-refractivity contribution in [2.45, 2.75) is 69.7 Å². The van der Waals surface area contributed by atoms with Gasteiger partial charge in [-0.25, -0.2) is 4.79 Å². The van der Waals surface area contributed by atoms with E-state index in [0.29, 0.717) is 29.1 Å². The van der Waals surface area contributed by atoms with Crippen molar-refractivity contribution >= 4 is 40.8 Å². The third-order valence-electron chi connectivity index (χ3n) is 10.8. The molecule has 1 spiro atoms. The van der Waals surface area contributed by atoms with Crippen LogP contribution >= 0.6 is 11.8 Å². The van der Waals surface area contributed by atoms with Crippen LogP contribution in [-0.2, 0) is 11.8 Å². The van der Waals surface area contributed by atoms with Gasteiger partial charge in [-0.3, -0.25) is 9.58 Å². The van der Waals surface area contributed by atoms with Crippen molar-refractivity contribution in [3.05, 3.63) is 23.8 Å². The molecule has 3 heterocycles. The average Bonchev–Trinajstić information content (AvgIpc) is 3.66. The number of fused-ring (bicyclic) bond motifs is 1. The summed E-state index contributed by atoms with van der Waals surface area (Å²) in [5.74, 6) is 2.52. The number of carbonyl (C=O) groups is 2. The Bertz CT molecular complexity index is 1230. The largest absolute Gasteiger partial charge is 0.341 e. The maximum Gasteiger partial charge on any atom is 0.322 e. The van der Waals surface area contributed by atoms with Crippen LogP contribution in [-0.4, -0.2) is 96.3 Å². The third-order valence-corrected chi connectivity index (χ3v) is 11.7. The first-order chi connectivity index (χ1) is 19.9. The summed E-state index contributed by atoms with van der Waals surface area (Å²) in [5.41, 5.74) is 3.69. The average molecular weight is 581 g/mol. The molecule has 4 fully saturated rings. The summed E-state index contributed by atoms with van der Waals surface area (Å²) in [7, 11) is 3.54. The molecule has 0 radical (unpaired) electrons. The number of anilines is 1. The number of aromatic nitrogens is 2. The Morgan fingerprint density at radius 1 is 1.15 bits per heavy atom. The number of nitrogens with zero attached hydrogens (tertiary/aromatic N) is 5. The Hall–Kier alpha value is -2.10. The van der Waals surface area contributed by atoms with Crippen molar-refractivity contribution in [1.29, 1.82) is 0 Å². The SMILES string of the molecule is CNC(=O)N(CCC=O)c1nn(C)c2cc(C3CCN(C4CC5(CCN(CC6(CSC)CC6)CC5)C4)CC3)ccc12. The van der Waals surface area contributed by atoms with Gasteiger partial charge in [0.15, 0.2) is 5.82 Å². The summed E-state index contributed by atoms with van der Waals surface area (Å²) in [6.07, 6.45) is 14.3. The molecule has 1 aromatic carbocycles. The van der Waals surface area contributed by atoms with Crippen LogP contribution in [0.3, 0.4) is 0 Å². The molecular formula is C32H48N6O2S. The van der Waals surface area contributed by atoms with Crippen LogP contribution in [0.15, 0.2) is 18.2 Å². The van der Waals surface area contributed by atoms with E-state index < -0.39 is 0 Å². The van der Waals surface area contributed by atoms with Gasteiger partial charge < -0.3 is 19.9 Å². The molecule has 2 aliphatic carbocycles. The van der Waals surface area contributed by atoms with Gasteiger partial charge in [-0.15, -0.1) is 0 Å². The number of thioether (sulfide) groups is 1. The Kier molecular flexibility index (Phi) is 8.40. The van der Waals surface area contributed by atoms with Gasteiger partial charge in [0.2, 0.25) is 0 Å². The summed E-state index contributed by atoms with van der Waals surface area (Å²) in [4.78, 5) is 30.7. The van der Waals surface area contributed by atoms with Crippen LogP contribution in [0.2, 0.25) is 0 Å². The fraction of sp³-hybridized carbons (Fsp3) is 0.719. The zero-order valence-corrected chi connectivity index (χ0v) is 26.1. The van der Waals surface area contributed by atoms with Crippen molar-refractivity contribution < 1.29 is 9.59 Å². The highest BCUT2D eigenvalue weighted by atomic mass is 32.2. The minimum atomic E-state index is -0.246. The van der Waals surface area contributed by atoms with Gasteiger partial charge in [0, 0.05) is 45.0 Å². The van der Waals surface area contributed by atoms with Crippen LogP contribution in [0.5, 0.6) is 0 Å². The van der Waals surface area contributed by atoms with Crippen molar-refractivity contribution in [2.24, 2.45) is 17.9 Å². The van der Waals surface area contributed by atoms with Crippen molar-refractivity contribution in [2.75, 3.05) is 63.2 Å². The van der Waals surface area contributed by atoms with E-state index in [1.54, 1.807) is 11.9 Å². The molecule has 8 nitrogen and oxygen atoms in total. The number of aryl methyl sites for hydroxylation is 1. The zero-order valence-electron chi connectivity index (χ0n) is 25.2. The number of carbonyl (C=O) groups excluding carboxylic acids is 2. The Labute approximate surface area is 249 Å². The first-order valence-electron chi connectivity index (χ1n) is 15.7. The fourth-order valence-corrected chi connectivity index (χ4v) is 9.02. The van der Waals surface area contributed by atoms with Gasteiger partial charge in [0.25, 0.3) is 0 Å². The maximum atomic E-state index is 12.5.